The highest BCUT2D eigenvalue weighted by Crippen LogP contribution is 2.18. The number of nitrogens with one attached hydrogen (secondary N) is 2. The van der Waals surface area contributed by atoms with E-state index in [1.807, 2.05) is 42.5 Å². The Labute approximate surface area is 174 Å². The molecule has 0 aliphatic heterocycles. The number of carbonyl (C=O) groups is 4. The molecule has 2 atom stereocenters. The number of hydrogen-bond acceptors (Lipinski definition) is 6. The predicted octanol–water partition coefficient (Wildman–Crippen LogP) is 1.31. The van der Waals surface area contributed by atoms with Crippen LogP contribution in [0.25, 0.3) is 10.8 Å². The van der Waals surface area contributed by atoms with Crippen LogP contribution < -0.4 is 16.4 Å². The van der Waals surface area contributed by atoms with E-state index >= 15 is 0 Å². The quantitative estimate of drug-likeness (QED) is 0.441. The molecule has 0 saturated carbocycles. The topological polar surface area (TPSA) is 128 Å². The fraction of sp³-hybridized carbons (Fsp3) is 0.300. The molecule has 0 radical (unpaired) electrons. The van der Waals surface area contributed by atoms with Crippen LogP contribution in [0.1, 0.15) is 18.9 Å². The highest BCUT2D eigenvalue weighted by atomic mass is 19.4. The summed E-state index contributed by atoms with van der Waals surface area (Å²) in [7, 11) is 0. The van der Waals surface area contributed by atoms with Crippen LogP contribution in [0.15, 0.2) is 42.5 Å². The van der Waals surface area contributed by atoms with Crippen molar-refractivity contribution in [1.82, 2.24) is 10.6 Å². The fourth-order valence-electron chi connectivity index (χ4n) is 2.64. The minimum atomic E-state index is -5.35. The van der Waals surface area contributed by atoms with E-state index < -0.39 is 48.4 Å². The summed E-state index contributed by atoms with van der Waals surface area (Å²) in [5.74, 6) is -5.82. The zero-order valence-electron chi connectivity index (χ0n) is 16.4. The lowest BCUT2D eigenvalue weighted by molar-refractivity contribution is -0.202. The standard InChI is InChI=1S/C20H20F3N3O5/c1-11(26-18(29)15(24)9-16(27)31-19(30)20(21,22)23)17(28)25-10-13-7-4-6-12-5-2-3-8-14(12)13/h2-8,11,15H,9-10,24H2,1H3,(H,25,28)(H,26,29)/t11?,15-/m0/s1. The van der Waals surface area contributed by atoms with Crippen molar-refractivity contribution in [3.63, 3.8) is 0 Å². The molecule has 31 heavy (non-hydrogen) atoms. The Kier molecular flexibility index (Phi) is 7.70. The number of alkyl halides is 3. The van der Waals surface area contributed by atoms with Crippen molar-refractivity contribution in [2.45, 2.75) is 38.1 Å². The van der Waals surface area contributed by atoms with Crippen molar-refractivity contribution in [2.75, 3.05) is 0 Å². The van der Waals surface area contributed by atoms with E-state index in [9.17, 15) is 32.3 Å². The first kappa shape index (κ1) is 23.8. The van der Waals surface area contributed by atoms with Gasteiger partial charge in [-0.1, -0.05) is 42.5 Å². The number of hydrogen-bond donors (Lipinski definition) is 3. The average molecular weight is 439 g/mol. The van der Waals surface area contributed by atoms with Crippen LogP contribution in [0.4, 0.5) is 13.2 Å². The molecule has 0 heterocycles. The number of esters is 2. The van der Waals surface area contributed by atoms with Crippen LogP contribution in [-0.4, -0.2) is 42.0 Å². The Morgan fingerprint density at radius 1 is 1.03 bits per heavy atom. The van der Waals surface area contributed by atoms with Crippen molar-refractivity contribution in [3.05, 3.63) is 48.0 Å². The summed E-state index contributed by atoms with van der Waals surface area (Å²) in [5, 5.41) is 6.87. The molecular weight excluding hydrogens is 419 g/mol. The summed E-state index contributed by atoms with van der Waals surface area (Å²) in [6.07, 6.45) is -6.32. The van der Waals surface area contributed by atoms with Crippen LogP contribution in [0.3, 0.4) is 0 Å². The number of amides is 2. The average Bonchev–Trinajstić information content (AvgIpc) is 2.70. The zero-order chi connectivity index (χ0) is 23.2. The van der Waals surface area contributed by atoms with E-state index in [4.69, 9.17) is 5.73 Å². The number of rotatable bonds is 7. The lowest BCUT2D eigenvalue weighted by atomic mass is 10.0. The summed E-state index contributed by atoms with van der Waals surface area (Å²) < 4.78 is 39.8. The number of benzene rings is 2. The van der Waals surface area contributed by atoms with Gasteiger partial charge in [0.1, 0.15) is 6.04 Å². The van der Waals surface area contributed by atoms with E-state index in [0.717, 1.165) is 16.3 Å². The van der Waals surface area contributed by atoms with Gasteiger partial charge in [-0.3, -0.25) is 14.4 Å². The van der Waals surface area contributed by atoms with Crippen LogP contribution in [0, 0.1) is 0 Å². The van der Waals surface area contributed by atoms with Gasteiger partial charge >= 0.3 is 18.1 Å². The maximum absolute atomic E-state index is 12.3. The highest BCUT2D eigenvalue weighted by molar-refractivity contribution is 5.94. The van der Waals surface area contributed by atoms with E-state index in [2.05, 4.69) is 15.4 Å². The number of nitrogens with two attached hydrogens (primary N) is 1. The molecule has 0 fully saturated rings. The summed E-state index contributed by atoms with van der Waals surface area (Å²) >= 11 is 0. The minimum absolute atomic E-state index is 0.193. The maximum Gasteiger partial charge on any atom is 0.491 e. The first-order chi connectivity index (χ1) is 14.5. The van der Waals surface area contributed by atoms with Crippen molar-refractivity contribution in [1.29, 1.82) is 0 Å². The van der Waals surface area contributed by atoms with Gasteiger partial charge in [0.05, 0.1) is 12.5 Å². The Hall–Kier alpha value is -3.47. The molecule has 0 saturated heterocycles. The van der Waals surface area contributed by atoms with Crippen molar-refractivity contribution in [2.24, 2.45) is 5.73 Å². The Morgan fingerprint density at radius 2 is 1.68 bits per heavy atom. The molecule has 0 bridgehead atoms. The molecule has 0 aliphatic carbocycles. The van der Waals surface area contributed by atoms with Crippen molar-refractivity contribution >= 4 is 34.5 Å². The van der Waals surface area contributed by atoms with Crippen LogP contribution in [0.2, 0.25) is 0 Å². The predicted molar refractivity (Wildman–Crippen MR) is 103 cm³/mol. The Bertz CT molecular complexity index is 988. The van der Waals surface area contributed by atoms with Gasteiger partial charge < -0.3 is 21.1 Å². The monoisotopic (exact) mass is 439 g/mol. The Balaban J connectivity index is 1.85. The van der Waals surface area contributed by atoms with Crippen LogP contribution in [-0.2, 0) is 30.5 Å². The number of ether oxygens (including phenoxy) is 1. The van der Waals surface area contributed by atoms with Crippen molar-refractivity contribution in [3.8, 4) is 0 Å². The normalized spacial score (nSPS) is 13.2. The molecule has 1 unspecified atom stereocenters. The van der Waals surface area contributed by atoms with Gasteiger partial charge in [0, 0.05) is 6.54 Å². The minimum Gasteiger partial charge on any atom is -0.386 e. The van der Waals surface area contributed by atoms with Gasteiger partial charge in [0.15, 0.2) is 0 Å². The molecule has 4 N–H and O–H groups in total. The lowest BCUT2D eigenvalue weighted by Gasteiger charge is -2.17. The summed E-state index contributed by atoms with van der Waals surface area (Å²) in [4.78, 5) is 46.2. The SMILES string of the molecule is CC(NC(=O)[C@@H](N)CC(=O)OC(=O)C(F)(F)F)C(=O)NCc1cccc2ccccc12. The van der Waals surface area contributed by atoms with E-state index in [0.29, 0.717) is 0 Å². The smallest absolute Gasteiger partial charge is 0.386 e. The molecule has 11 heteroatoms. The second-order valence-corrected chi connectivity index (χ2v) is 6.66. The molecule has 2 amide bonds. The van der Waals surface area contributed by atoms with Crippen LogP contribution >= 0.6 is 0 Å². The zero-order valence-corrected chi connectivity index (χ0v) is 16.4. The Morgan fingerprint density at radius 3 is 2.35 bits per heavy atom. The molecule has 8 nitrogen and oxygen atoms in total. The third-order valence-corrected chi connectivity index (χ3v) is 4.25. The second-order valence-electron chi connectivity index (χ2n) is 6.66. The van der Waals surface area contributed by atoms with Gasteiger partial charge in [0.2, 0.25) is 11.8 Å². The molecule has 2 aromatic rings. The molecule has 0 spiro atoms. The molecule has 166 valence electrons. The number of halogens is 3. The summed E-state index contributed by atoms with van der Waals surface area (Å²) in [5.41, 5.74) is 6.30. The number of carbonyl (C=O) groups excluding carboxylic acids is 4. The van der Waals surface area contributed by atoms with Gasteiger partial charge in [0.25, 0.3) is 0 Å². The van der Waals surface area contributed by atoms with Gasteiger partial charge in [-0.05, 0) is 23.3 Å². The van der Waals surface area contributed by atoms with Gasteiger partial charge in [-0.2, -0.15) is 13.2 Å². The highest BCUT2D eigenvalue weighted by Gasteiger charge is 2.42. The molecular formula is C20H20F3N3O5. The first-order valence-corrected chi connectivity index (χ1v) is 9.11. The third-order valence-electron chi connectivity index (χ3n) is 4.25. The molecule has 0 aromatic heterocycles. The van der Waals surface area contributed by atoms with Crippen LogP contribution in [0.5, 0.6) is 0 Å². The van der Waals surface area contributed by atoms with Crippen molar-refractivity contribution < 1.29 is 37.1 Å². The molecule has 0 aliphatic rings. The number of fused-ring (bicyclic) bond motifs is 1. The largest absolute Gasteiger partial charge is 0.491 e. The van der Waals surface area contributed by atoms with Gasteiger partial charge in [-0.25, -0.2) is 4.79 Å². The molecule has 2 aromatic carbocycles. The van der Waals surface area contributed by atoms with E-state index in [-0.39, 0.29) is 6.54 Å². The van der Waals surface area contributed by atoms with E-state index in [1.54, 1.807) is 0 Å². The summed E-state index contributed by atoms with van der Waals surface area (Å²) in [6.45, 7) is 1.56. The lowest BCUT2D eigenvalue weighted by Crippen LogP contribution is -2.50. The van der Waals surface area contributed by atoms with E-state index in [1.165, 1.54) is 6.92 Å². The summed E-state index contributed by atoms with van der Waals surface area (Å²) in [6, 6.07) is 10.6. The second kappa shape index (κ2) is 10.0. The fourth-order valence-corrected chi connectivity index (χ4v) is 2.64. The van der Waals surface area contributed by atoms with Gasteiger partial charge in [-0.15, -0.1) is 0 Å². The molecule has 2 rings (SSSR count). The maximum atomic E-state index is 12.3. The first-order valence-electron chi connectivity index (χ1n) is 9.11. The third kappa shape index (κ3) is 6.78.